The molecule has 2 rings (SSSR count). The molecule has 1 fully saturated rings. The predicted octanol–water partition coefficient (Wildman–Crippen LogP) is 1.25. The van der Waals surface area contributed by atoms with Crippen molar-refractivity contribution in [2.75, 3.05) is 6.54 Å². The first-order valence-corrected chi connectivity index (χ1v) is 7.92. The van der Waals surface area contributed by atoms with Gasteiger partial charge in [-0.2, -0.15) is 0 Å². The lowest BCUT2D eigenvalue weighted by Crippen LogP contribution is -2.25. The Morgan fingerprint density at radius 2 is 2.11 bits per heavy atom. The molecule has 3 N–H and O–H groups in total. The van der Waals surface area contributed by atoms with Gasteiger partial charge in [0.1, 0.15) is 0 Å². The number of primary sulfonamides is 1. The van der Waals surface area contributed by atoms with Gasteiger partial charge in [0.2, 0.25) is 10.0 Å². The van der Waals surface area contributed by atoms with Crippen molar-refractivity contribution >= 4 is 15.9 Å². The molecule has 19 heavy (non-hydrogen) atoms. The van der Waals surface area contributed by atoms with Crippen molar-refractivity contribution in [3.63, 3.8) is 0 Å². The molecule has 0 spiro atoms. The Bertz CT molecular complexity index is 565. The quantitative estimate of drug-likeness (QED) is 0.770. The Labute approximate surface area is 113 Å². The van der Waals surface area contributed by atoms with E-state index in [0.29, 0.717) is 12.1 Å². The van der Waals surface area contributed by atoms with Crippen LogP contribution in [0.3, 0.4) is 0 Å². The highest BCUT2D eigenvalue weighted by Gasteiger charge is 2.20. The van der Waals surface area contributed by atoms with Gasteiger partial charge in [0, 0.05) is 12.1 Å². The molecule has 0 radical (unpaired) electrons. The van der Waals surface area contributed by atoms with Gasteiger partial charge in [0.15, 0.2) is 0 Å². The van der Waals surface area contributed by atoms with Crippen LogP contribution in [0, 0.1) is 5.92 Å². The van der Waals surface area contributed by atoms with Crippen LogP contribution in [-0.4, -0.2) is 20.9 Å². The third-order valence-corrected chi connectivity index (χ3v) is 4.11. The van der Waals surface area contributed by atoms with Crippen molar-refractivity contribution < 1.29 is 13.2 Å². The van der Waals surface area contributed by atoms with Crippen LogP contribution in [0.5, 0.6) is 0 Å². The topological polar surface area (TPSA) is 89.3 Å². The minimum atomic E-state index is -3.77. The maximum atomic E-state index is 11.8. The number of amides is 1. The first-order chi connectivity index (χ1) is 8.97. The van der Waals surface area contributed by atoms with Crippen LogP contribution < -0.4 is 10.5 Å². The van der Waals surface area contributed by atoms with Gasteiger partial charge in [-0.25, -0.2) is 13.6 Å². The Balaban J connectivity index is 1.90. The van der Waals surface area contributed by atoms with Crippen LogP contribution in [0.2, 0.25) is 0 Å². The van der Waals surface area contributed by atoms with Crippen LogP contribution in [0.1, 0.15) is 36.0 Å². The molecule has 0 aliphatic heterocycles. The lowest BCUT2D eigenvalue weighted by atomic mass is 10.2. The molecule has 1 amide bonds. The molecule has 6 heteroatoms. The minimum Gasteiger partial charge on any atom is -0.352 e. The van der Waals surface area contributed by atoms with E-state index in [1.807, 2.05) is 0 Å². The van der Waals surface area contributed by atoms with Crippen LogP contribution in [0.15, 0.2) is 29.2 Å². The highest BCUT2D eigenvalue weighted by molar-refractivity contribution is 7.89. The summed E-state index contributed by atoms with van der Waals surface area (Å²) in [5.74, 6) is 0.587. The highest BCUT2D eigenvalue weighted by atomic mass is 32.2. The fourth-order valence-electron chi connectivity index (χ4n) is 1.92. The van der Waals surface area contributed by atoms with E-state index in [2.05, 4.69) is 5.32 Å². The van der Waals surface area contributed by atoms with Crippen LogP contribution in [-0.2, 0) is 10.0 Å². The molecule has 0 atom stereocenters. The molecule has 0 unspecified atom stereocenters. The number of rotatable bonds is 6. The average Bonchev–Trinajstić information content (AvgIpc) is 3.17. The molecule has 1 aromatic rings. The van der Waals surface area contributed by atoms with Crippen molar-refractivity contribution in [1.29, 1.82) is 0 Å². The second-order valence-corrected chi connectivity index (χ2v) is 6.48. The SMILES string of the molecule is NS(=O)(=O)c1cccc(C(=O)NCCCC2CC2)c1. The van der Waals surface area contributed by atoms with Gasteiger partial charge in [0.25, 0.3) is 5.91 Å². The standard InChI is InChI=1S/C13H18N2O3S/c14-19(17,18)12-5-1-4-11(9-12)13(16)15-8-2-3-10-6-7-10/h1,4-5,9-10H,2-3,6-8H2,(H,15,16)(H2,14,17,18). The van der Waals surface area contributed by atoms with Crippen molar-refractivity contribution in [2.45, 2.75) is 30.6 Å². The number of hydrogen-bond donors (Lipinski definition) is 2. The molecule has 0 aromatic heterocycles. The molecule has 104 valence electrons. The number of sulfonamides is 1. The van der Waals surface area contributed by atoms with E-state index in [1.54, 1.807) is 6.07 Å². The van der Waals surface area contributed by atoms with E-state index in [1.165, 1.54) is 31.0 Å². The Morgan fingerprint density at radius 1 is 1.37 bits per heavy atom. The lowest BCUT2D eigenvalue weighted by Gasteiger charge is -2.06. The summed E-state index contributed by atoms with van der Waals surface area (Å²) in [6.07, 6.45) is 4.73. The van der Waals surface area contributed by atoms with Crippen molar-refractivity contribution in [1.82, 2.24) is 5.32 Å². The van der Waals surface area contributed by atoms with E-state index >= 15 is 0 Å². The summed E-state index contributed by atoms with van der Waals surface area (Å²) in [7, 11) is -3.77. The summed E-state index contributed by atoms with van der Waals surface area (Å²) in [5, 5.41) is 7.81. The fourth-order valence-corrected chi connectivity index (χ4v) is 2.48. The predicted molar refractivity (Wildman–Crippen MR) is 72.1 cm³/mol. The van der Waals surface area contributed by atoms with E-state index in [0.717, 1.165) is 18.8 Å². The first-order valence-electron chi connectivity index (χ1n) is 6.38. The van der Waals surface area contributed by atoms with E-state index in [4.69, 9.17) is 5.14 Å². The summed E-state index contributed by atoms with van der Waals surface area (Å²) >= 11 is 0. The molecule has 0 heterocycles. The molecule has 5 nitrogen and oxygen atoms in total. The monoisotopic (exact) mass is 282 g/mol. The summed E-state index contributed by atoms with van der Waals surface area (Å²) in [6.45, 7) is 0.620. The second-order valence-electron chi connectivity index (χ2n) is 4.91. The molecule has 1 saturated carbocycles. The van der Waals surface area contributed by atoms with Gasteiger partial charge < -0.3 is 5.32 Å². The Morgan fingerprint density at radius 3 is 2.74 bits per heavy atom. The Hall–Kier alpha value is -1.40. The largest absolute Gasteiger partial charge is 0.352 e. The van der Waals surface area contributed by atoms with Crippen LogP contribution in [0.4, 0.5) is 0 Å². The normalized spacial score (nSPS) is 15.2. The molecule has 0 bridgehead atoms. The first kappa shape index (κ1) is 14.0. The van der Waals surface area contributed by atoms with Gasteiger partial charge in [0.05, 0.1) is 4.90 Å². The fraction of sp³-hybridized carbons (Fsp3) is 0.462. The van der Waals surface area contributed by atoms with Gasteiger partial charge >= 0.3 is 0 Å². The smallest absolute Gasteiger partial charge is 0.251 e. The molecule has 1 aliphatic carbocycles. The van der Waals surface area contributed by atoms with Crippen molar-refractivity contribution in [3.05, 3.63) is 29.8 Å². The number of nitrogens with two attached hydrogens (primary N) is 1. The molecule has 1 aromatic carbocycles. The zero-order chi connectivity index (χ0) is 13.9. The zero-order valence-corrected chi connectivity index (χ0v) is 11.4. The lowest BCUT2D eigenvalue weighted by molar-refractivity contribution is 0.0952. The third kappa shape index (κ3) is 4.33. The number of hydrogen-bond acceptors (Lipinski definition) is 3. The maximum Gasteiger partial charge on any atom is 0.251 e. The summed E-state index contributed by atoms with van der Waals surface area (Å²) < 4.78 is 22.4. The van der Waals surface area contributed by atoms with Crippen molar-refractivity contribution in [2.24, 2.45) is 11.1 Å². The zero-order valence-electron chi connectivity index (χ0n) is 10.6. The summed E-state index contributed by atoms with van der Waals surface area (Å²) in [6, 6.07) is 5.76. The number of carbonyl (C=O) groups excluding carboxylic acids is 1. The number of nitrogens with one attached hydrogen (secondary N) is 1. The Kier molecular flexibility index (Phi) is 4.21. The van der Waals surface area contributed by atoms with Crippen LogP contribution >= 0.6 is 0 Å². The third-order valence-electron chi connectivity index (χ3n) is 3.20. The van der Waals surface area contributed by atoms with Gasteiger partial charge in [-0.1, -0.05) is 18.9 Å². The molecular formula is C13H18N2O3S. The number of benzene rings is 1. The van der Waals surface area contributed by atoms with Crippen molar-refractivity contribution in [3.8, 4) is 0 Å². The van der Waals surface area contributed by atoms with Gasteiger partial charge in [-0.3, -0.25) is 4.79 Å². The minimum absolute atomic E-state index is 0.0434. The van der Waals surface area contributed by atoms with E-state index < -0.39 is 10.0 Å². The average molecular weight is 282 g/mol. The van der Waals surface area contributed by atoms with Crippen LogP contribution in [0.25, 0.3) is 0 Å². The maximum absolute atomic E-state index is 11.8. The van der Waals surface area contributed by atoms with E-state index in [9.17, 15) is 13.2 Å². The summed E-state index contributed by atoms with van der Waals surface area (Å²) in [5.41, 5.74) is 0.318. The van der Waals surface area contributed by atoms with E-state index in [-0.39, 0.29) is 10.8 Å². The molecular weight excluding hydrogens is 264 g/mol. The molecule has 0 saturated heterocycles. The molecule has 1 aliphatic rings. The second kappa shape index (κ2) is 5.71. The number of carbonyl (C=O) groups is 1. The summed E-state index contributed by atoms with van der Waals surface area (Å²) in [4.78, 5) is 11.8. The van der Waals surface area contributed by atoms with Gasteiger partial charge in [-0.15, -0.1) is 0 Å². The van der Waals surface area contributed by atoms with Gasteiger partial charge in [-0.05, 0) is 37.0 Å². The highest BCUT2D eigenvalue weighted by Crippen LogP contribution is 2.33.